The van der Waals surface area contributed by atoms with Crippen LogP contribution in [0.2, 0.25) is 0 Å². The Morgan fingerprint density at radius 2 is 1.81 bits per heavy atom. The molecule has 0 aliphatic heterocycles. The van der Waals surface area contributed by atoms with Crippen LogP contribution in [0.15, 0.2) is 40.9 Å². The summed E-state index contributed by atoms with van der Waals surface area (Å²) in [7, 11) is 0. The molecule has 0 heterocycles. The van der Waals surface area contributed by atoms with Crippen molar-refractivity contribution in [3.05, 3.63) is 52.0 Å². The first-order chi connectivity index (χ1) is 7.68. The van der Waals surface area contributed by atoms with Crippen LogP contribution in [-0.2, 0) is 0 Å². The van der Waals surface area contributed by atoms with Crippen LogP contribution in [0.5, 0.6) is 0 Å². The van der Waals surface area contributed by atoms with E-state index in [0.29, 0.717) is 5.69 Å². The van der Waals surface area contributed by atoms with Crippen molar-refractivity contribution in [2.45, 2.75) is 6.10 Å². The van der Waals surface area contributed by atoms with E-state index in [1.165, 1.54) is 0 Å². The highest BCUT2D eigenvalue weighted by atomic mass is 79.9. The summed E-state index contributed by atoms with van der Waals surface area (Å²) in [4.78, 5) is 0. The van der Waals surface area contributed by atoms with Crippen molar-refractivity contribution in [2.24, 2.45) is 0 Å². The highest BCUT2D eigenvalue weighted by Gasteiger charge is 2.27. The SMILES string of the molecule is Nc1cc2c(cc1Br)-c1ccccc1[C@H]2O. The molecule has 0 saturated carbocycles. The maximum absolute atomic E-state index is 10.2. The molecule has 0 radical (unpaired) electrons. The van der Waals surface area contributed by atoms with Gasteiger partial charge in [-0.15, -0.1) is 0 Å². The van der Waals surface area contributed by atoms with E-state index in [1.54, 1.807) is 0 Å². The van der Waals surface area contributed by atoms with Crippen LogP contribution < -0.4 is 5.73 Å². The van der Waals surface area contributed by atoms with Gasteiger partial charge in [-0.3, -0.25) is 0 Å². The molecule has 1 aliphatic rings. The number of aliphatic hydroxyl groups excluding tert-OH is 1. The molecule has 3 heteroatoms. The molecule has 2 aromatic carbocycles. The van der Waals surface area contributed by atoms with E-state index in [2.05, 4.69) is 15.9 Å². The minimum absolute atomic E-state index is 0.554. The molecule has 0 aromatic heterocycles. The summed E-state index contributed by atoms with van der Waals surface area (Å²) in [6.45, 7) is 0. The molecule has 16 heavy (non-hydrogen) atoms. The summed E-state index contributed by atoms with van der Waals surface area (Å²) in [6, 6.07) is 11.7. The largest absolute Gasteiger partial charge is 0.398 e. The first kappa shape index (κ1) is 9.87. The fourth-order valence-electron chi connectivity index (χ4n) is 2.22. The summed E-state index contributed by atoms with van der Waals surface area (Å²) >= 11 is 3.41. The maximum atomic E-state index is 10.2. The standard InChI is InChI=1S/C13H10BrNO/c14-11-5-9-7-3-1-2-4-8(7)13(16)10(9)6-12(11)15/h1-6,13,16H,15H2/t13-/m1/s1. The van der Waals surface area contributed by atoms with Crippen molar-refractivity contribution in [2.75, 3.05) is 5.73 Å². The van der Waals surface area contributed by atoms with E-state index in [9.17, 15) is 5.11 Å². The summed E-state index contributed by atoms with van der Waals surface area (Å²) in [6.07, 6.45) is -0.554. The van der Waals surface area contributed by atoms with Gasteiger partial charge < -0.3 is 10.8 Å². The predicted molar refractivity (Wildman–Crippen MR) is 68.1 cm³/mol. The first-order valence-corrected chi connectivity index (χ1v) is 5.84. The predicted octanol–water partition coefficient (Wildman–Crippen LogP) is 3.09. The molecule has 0 bridgehead atoms. The molecular formula is C13H10BrNO. The van der Waals surface area contributed by atoms with Gasteiger partial charge in [-0.2, -0.15) is 0 Å². The molecule has 0 unspecified atom stereocenters. The number of hydrogen-bond donors (Lipinski definition) is 2. The molecule has 0 amide bonds. The van der Waals surface area contributed by atoms with Crippen LogP contribution in [0.3, 0.4) is 0 Å². The van der Waals surface area contributed by atoms with Gasteiger partial charge in [0.05, 0.1) is 0 Å². The number of rotatable bonds is 0. The highest BCUT2D eigenvalue weighted by Crippen LogP contribution is 2.45. The third kappa shape index (κ3) is 1.22. The van der Waals surface area contributed by atoms with Crippen molar-refractivity contribution >= 4 is 21.6 Å². The zero-order valence-corrected chi connectivity index (χ0v) is 10.0. The quantitative estimate of drug-likeness (QED) is 0.726. The average molecular weight is 276 g/mol. The Bertz CT molecular complexity index is 580. The zero-order valence-electron chi connectivity index (χ0n) is 8.44. The number of halogens is 1. The molecule has 0 spiro atoms. The topological polar surface area (TPSA) is 46.2 Å². The van der Waals surface area contributed by atoms with Gasteiger partial charge in [0.1, 0.15) is 6.10 Å². The van der Waals surface area contributed by atoms with E-state index < -0.39 is 6.10 Å². The summed E-state index contributed by atoms with van der Waals surface area (Å²) in [5.41, 5.74) is 10.5. The lowest BCUT2D eigenvalue weighted by Gasteiger charge is -2.07. The molecule has 2 nitrogen and oxygen atoms in total. The third-order valence-electron chi connectivity index (χ3n) is 3.01. The van der Waals surface area contributed by atoms with Gasteiger partial charge in [-0.05, 0) is 50.3 Å². The Morgan fingerprint density at radius 1 is 1.06 bits per heavy atom. The van der Waals surface area contributed by atoms with E-state index in [0.717, 1.165) is 26.7 Å². The smallest absolute Gasteiger partial charge is 0.105 e. The summed E-state index contributed by atoms with van der Waals surface area (Å²) in [5, 5.41) is 10.2. The lowest BCUT2D eigenvalue weighted by atomic mass is 10.1. The molecule has 0 fully saturated rings. The van der Waals surface area contributed by atoms with Crippen LogP contribution in [0, 0.1) is 0 Å². The number of fused-ring (bicyclic) bond motifs is 3. The Balaban J connectivity index is 2.34. The van der Waals surface area contributed by atoms with Gasteiger partial charge >= 0.3 is 0 Å². The summed E-state index contributed by atoms with van der Waals surface area (Å²) < 4.78 is 0.871. The van der Waals surface area contributed by atoms with Crippen LogP contribution in [0.4, 0.5) is 5.69 Å². The van der Waals surface area contributed by atoms with Crippen molar-refractivity contribution < 1.29 is 5.11 Å². The number of hydrogen-bond acceptors (Lipinski definition) is 2. The zero-order chi connectivity index (χ0) is 11.3. The Kier molecular flexibility index (Phi) is 2.06. The van der Waals surface area contributed by atoms with Gasteiger partial charge in [0, 0.05) is 10.2 Å². The van der Waals surface area contributed by atoms with Gasteiger partial charge in [0.2, 0.25) is 0 Å². The maximum Gasteiger partial charge on any atom is 0.105 e. The molecule has 2 aromatic rings. The lowest BCUT2D eigenvalue weighted by molar-refractivity contribution is 0.225. The van der Waals surface area contributed by atoms with Gasteiger partial charge in [0.15, 0.2) is 0 Å². The fraction of sp³-hybridized carbons (Fsp3) is 0.0769. The van der Waals surface area contributed by atoms with E-state index >= 15 is 0 Å². The summed E-state index contributed by atoms with van der Waals surface area (Å²) in [5.74, 6) is 0. The average Bonchev–Trinajstić information content (AvgIpc) is 2.55. The molecular weight excluding hydrogens is 266 g/mol. The third-order valence-corrected chi connectivity index (χ3v) is 3.70. The Hall–Kier alpha value is -1.32. The van der Waals surface area contributed by atoms with Crippen LogP contribution in [0.1, 0.15) is 17.2 Å². The van der Waals surface area contributed by atoms with Crippen LogP contribution in [-0.4, -0.2) is 5.11 Å². The van der Waals surface area contributed by atoms with Crippen molar-refractivity contribution in [3.8, 4) is 11.1 Å². The number of benzene rings is 2. The minimum atomic E-state index is -0.554. The Labute approximate surface area is 102 Å². The number of aliphatic hydroxyl groups is 1. The van der Waals surface area contributed by atoms with Crippen LogP contribution in [0.25, 0.3) is 11.1 Å². The van der Waals surface area contributed by atoms with Crippen molar-refractivity contribution in [3.63, 3.8) is 0 Å². The molecule has 80 valence electrons. The van der Waals surface area contributed by atoms with E-state index in [1.807, 2.05) is 36.4 Å². The first-order valence-electron chi connectivity index (χ1n) is 5.05. The molecule has 1 atom stereocenters. The molecule has 1 aliphatic carbocycles. The highest BCUT2D eigenvalue weighted by molar-refractivity contribution is 9.10. The number of nitrogen functional groups attached to an aromatic ring is 1. The lowest BCUT2D eigenvalue weighted by Crippen LogP contribution is -1.95. The van der Waals surface area contributed by atoms with E-state index in [4.69, 9.17) is 5.73 Å². The second kappa shape index (κ2) is 3.34. The van der Waals surface area contributed by atoms with Crippen molar-refractivity contribution in [1.29, 1.82) is 0 Å². The number of anilines is 1. The van der Waals surface area contributed by atoms with Gasteiger partial charge in [-0.25, -0.2) is 0 Å². The molecule has 3 rings (SSSR count). The minimum Gasteiger partial charge on any atom is -0.398 e. The second-order valence-corrected chi connectivity index (χ2v) is 4.81. The second-order valence-electron chi connectivity index (χ2n) is 3.95. The van der Waals surface area contributed by atoms with Gasteiger partial charge in [0.25, 0.3) is 0 Å². The van der Waals surface area contributed by atoms with Gasteiger partial charge in [-0.1, -0.05) is 24.3 Å². The van der Waals surface area contributed by atoms with E-state index in [-0.39, 0.29) is 0 Å². The fourth-order valence-corrected chi connectivity index (χ4v) is 2.56. The molecule has 0 saturated heterocycles. The van der Waals surface area contributed by atoms with Crippen molar-refractivity contribution in [1.82, 2.24) is 0 Å². The monoisotopic (exact) mass is 275 g/mol. The van der Waals surface area contributed by atoms with Crippen LogP contribution >= 0.6 is 15.9 Å². The molecule has 3 N–H and O–H groups in total. The normalized spacial score (nSPS) is 17.0. The number of nitrogens with two attached hydrogens (primary N) is 1. The Morgan fingerprint density at radius 3 is 2.62 bits per heavy atom.